The van der Waals surface area contributed by atoms with Crippen molar-refractivity contribution < 1.29 is 14.6 Å². The summed E-state index contributed by atoms with van der Waals surface area (Å²) < 4.78 is 5.46. The first kappa shape index (κ1) is 9.80. The Bertz CT molecular complexity index is 176. The van der Waals surface area contributed by atoms with Crippen LogP contribution in [0, 0.1) is 0 Å². The van der Waals surface area contributed by atoms with Crippen molar-refractivity contribution in [2.24, 2.45) is 0 Å². The minimum Gasteiger partial charge on any atom is -0.465 e. The van der Waals surface area contributed by atoms with Gasteiger partial charge in [-0.25, -0.2) is 4.79 Å². The fraction of sp³-hybridized carbons (Fsp3) is 0.857. The van der Waals surface area contributed by atoms with E-state index >= 15 is 0 Å². The largest absolute Gasteiger partial charge is 0.465 e. The zero-order valence-electron chi connectivity index (χ0n) is 6.86. The topological polar surface area (TPSA) is 49.8 Å². The van der Waals surface area contributed by atoms with Crippen LogP contribution in [0.1, 0.15) is 6.92 Å². The molecule has 1 rings (SSSR count). The van der Waals surface area contributed by atoms with E-state index in [9.17, 15) is 4.79 Å². The number of morpholine rings is 1. The highest BCUT2D eigenvalue weighted by Gasteiger charge is 2.27. The normalized spacial score (nSPS) is 30.3. The predicted molar refractivity (Wildman–Crippen MR) is 47.7 cm³/mol. The molecule has 2 unspecified atom stereocenters. The van der Waals surface area contributed by atoms with Gasteiger partial charge in [0.25, 0.3) is 0 Å². The lowest BCUT2D eigenvalue weighted by Gasteiger charge is -2.34. The van der Waals surface area contributed by atoms with Gasteiger partial charge in [-0.2, -0.15) is 0 Å². The minimum atomic E-state index is -0.865. The van der Waals surface area contributed by atoms with Crippen LogP contribution in [0.25, 0.3) is 0 Å². The van der Waals surface area contributed by atoms with Crippen molar-refractivity contribution in [3.05, 3.63) is 0 Å². The highest BCUT2D eigenvalue weighted by atomic mass is 79.9. The summed E-state index contributed by atoms with van der Waals surface area (Å²) in [6.07, 6.45) is -0.877. The van der Waals surface area contributed by atoms with Gasteiger partial charge in [0.15, 0.2) is 0 Å². The molecule has 0 bridgehead atoms. The third kappa shape index (κ3) is 2.35. The molecular weight excluding hydrogens is 226 g/mol. The monoisotopic (exact) mass is 237 g/mol. The number of rotatable bonds is 1. The fourth-order valence-corrected chi connectivity index (χ4v) is 1.64. The lowest BCUT2D eigenvalue weighted by molar-refractivity contribution is -0.0576. The van der Waals surface area contributed by atoms with E-state index in [1.165, 1.54) is 4.90 Å². The first-order valence-corrected chi connectivity index (χ1v) is 4.95. The lowest BCUT2D eigenvalue weighted by atomic mass is 10.2. The van der Waals surface area contributed by atoms with Crippen LogP contribution in [0.15, 0.2) is 0 Å². The molecule has 1 fully saturated rings. The number of halogens is 1. The molecule has 0 aliphatic carbocycles. The summed E-state index contributed by atoms with van der Waals surface area (Å²) in [6.45, 7) is 2.81. The van der Waals surface area contributed by atoms with E-state index in [0.29, 0.717) is 18.4 Å². The van der Waals surface area contributed by atoms with Gasteiger partial charge in [-0.05, 0) is 6.92 Å². The van der Waals surface area contributed by atoms with Crippen molar-refractivity contribution in [3.63, 3.8) is 0 Å². The predicted octanol–water partition coefficient (Wildman–Crippen LogP) is 1.15. The molecule has 1 saturated heterocycles. The summed E-state index contributed by atoms with van der Waals surface area (Å²) in [4.78, 5) is 12.0. The quantitative estimate of drug-likeness (QED) is 0.697. The van der Waals surface area contributed by atoms with Gasteiger partial charge in [-0.1, -0.05) is 15.9 Å². The second kappa shape index (κ2) is 4.09. The van der Waals surface area contributed by atoms with Gasteiger partial charge in [-0.3, -0.25) is 0 Å². The highest BCUT2D eigenvalue weighted by Crippen LogP contribution is 2.12. The van der Waals surface area contributed by atoms with Crippen molar-refractivity contribution >= 4 is 22.0 Å². The zero-order valence-corrected chi connectivity index (χ0v) is 8.45. The summed E-state index contributed by atoms with van der Waals surface area (Å²) in [6, 6.07) is 0. The van der Waals surface area contributed by atoms with Gasteiger partial charge in [0, 0.05) is 5.33 Å². The standard InChI is InChI=1S/C7H12BrNO3/c1-5-3-9(7(10)11)4-6(2-8)12-5/h5-6H,2-4H2,1H3,(H,10,11). The maximum absolute atomic E-state index is 10.6. The molecule has 0 aromatic carbocycles. The smallest absolute Gasteiger partial charge is 0.407 e. The lowest BCUT2D eigenvalue weighted by Crippen LogP contribution is -2.49. The van der Waals surface area contributed by atoms with Gasteiger partial charge in [0.2, 0.25) is 0 Å². The van der Waals surface area contributed by atoms with E-state index in [0.717, 1.165) is 0 Å². The van der Waals surface area contributed by atoms with Gasteiger partial charge >= 0.3 is 6.09 Å². The Labute approximate surface area is 79.6 Å². The first-order chi connectivity index (χ1) is 5.63. The molecule has 0 spiro atoms. The van der Waals surface area contributed by atoms with E-state index in [4.69, 9.17) is 9.84 Å². The van der Waals surface area contributed by atoms with Gasteiger partial charge in [0.05, 0.1) is 25.3 Å². The van der Waals surface area contributed by atoms with Crippen molar-refractivity contribution in [1.29, 1.82) is 0 Å². The highest BCUT2D eigenvalue weighted by molar-refractivity contribution is 9.09. The van der Waals surface area contributed by atoms with E-state index in [1.807, 2.05) is 6.92 Å². The Balaban J connectivity index is 2.51. The summed E-state index contributed by atoms with van der Waals surface area (Å²) in [5, 5.41) is 9.41. The number of carbonyl (C=O) groups is 1. The summed E-state index contributed by atoms with van der Waals surface area (Å²) >= 11 is 3.27. The van der Waals surface area contributed by atoms with Gasteiger partial charge in [0.1, 0.15) is 0 Å². The third-order valence-corrected chi connectivity index (χ3v) is 2.49. The van der Waals surface area contributed by atoms with Crippen molar-refractivity contribution in [2.45, 2.75) is 19.1 Å². The molecule has 0 aromatic rings. The summed E-state index contributed by atoms with van der Waals surface area (Å²) in [7, 11) is 0. The summed E-state index contributed by atoms with van der Waals surface area (Å²) in [5.74, 6) is 0. The van der Waals surface area contributed by atoms with Crippen molar-refractivity contribution in [2.75, 3.05) is 18.4 Å². The molecule has 4 nitrogen and oxygen atoms in total. The SMILES string of the molecule is CC1CN(C(=O)O)CC(CBr)O1. The van der Waals surface area contributed by atoms with Crippen LogP contribution < -0.4 is 0 Å². The number of amides is 1. The second-order valence-corrected chi connectivity index (χ2v) is 3.56. The Morgan fingerprint density at radius 2 is 2.42 bits per heavy atom. The molecule has 12 heavy (non-hydrogen) atoms. The maximum atomic E-state index is 10.6. The van der Waals surface area contributed by atoms with Crippen LogP contribution in [-0.2, 0) is 4.74 Å². The Kier molecular flexibility index (Phi) is 3.34. The molecule has 2 atom stereocenters. The Hall–Kier alpha value is -0.290. The molecule has 0 radical (unpaired) electrons. The molecule has 0 saturated carbocycles. The second-order valence-electron chi connectivity index (χ2n) is 2.91. The van der Waals surface area contributed by atoms with Gasteiger partial charge in [-0.15, -0.1) is 0 Å². The van der Waals surface area contributed by atoms with Crippen LogP contribution in [-0.4, -0.2) is 46.7 Å². The van der Waals surface area contributed by atoms with Crippen LogP contribution >= 0.6 is 15.9 Å². The molecular formula is C7H12BrNO3. The number of hydrogen-bond donors (Lipinski definition) is 1. The fourth-order valence-electron chi connectivity index (χ4n) is 1.29. The van der Waals surface area contributed by atoms with Crippen molar-refractivity contribution in [3.8, 4) is 0 Å². The van der Waals surface area contributed by atoms with E-state index in [-0.39, 0.29) is 12.2 Å². The Morgan fingerprint density at radius 3 is 2.92 bits per heavy atom. The van der Waals surface area contributed by atoms with E-state index in [2.05, 4.69) is 15.9 Å². The third-order valence-electron chi connectivity index (χ3n) is 1.77. The number of carboxylic acid groups (broad SMARTS) is 1. The van der Waals surface area contributed by atoms with Crippen LogP contribution in [0.3, 0.4) is 0 Å². The van der Waals surface area contributed by atoms with E-state index in [1.54, 1.807) is 0 Å². The van der Waals surface area contributed by atoms with E-state index < -0.39 is 6.09 Å². The van der Waals surface area contributed by atoms with Crippen molar-refractivity contribution in [1.82, 2.24) is 4.90 Å². The number of alkyl halides is 1. The van der Waals surface area contributed by atoms with Gasteiger partial charge < -0.3 is 14.7 Å². The average molecular weight is 238 g/mol. The molecule has 1 heterocycles. The molecule has 1 aliphatic rings. The zero-order chi connectivity index (χ0) is 9.14. The molecule has 1 N–H and O–H groups in total. The van der Waals surface area contributed by atoms with Crippen LogP contribution in [0.2, 0.25) is 0 Å². The molecule has 5 heteroatoms. The van der Waals surface area contributed by atoms with Crippen LogP contribution in [0.5, 0.6) is 0 Å². The first-order valence-electron chi connectivity index (χ1n) is 3.82. The number of ether oxygens (including phenoxy) is 1. The average Bonchev–Trinajstić information content (AvgIpc) is 2.03. The molecule has 1 amide bonds. The maximum Gasteiger partial charge on any atom is 0.407 e. The molecule has 70 valence electrons. The molecule has 0 aromatic heterocycles. The number of hydrogen-bond acceptors (Lipinski definition) is 2. The Morgan fingerprint density at radius 1 is 1.75 bits per heavy atom. The number of nitrogens with zero attached hydrogens (tertiary/aromatic N) is 1. The molecule has 1 aliphatic heterocycles. The minimum absolute atomic E-state index is 0.00241. The van der Waals surface area contributed by atoms with Crippen LogP contribution in [0.4, 0.5) is 4.79 Å². The summed E-state index contributed by atoms with van der Waals surface area (Å²) in [5.41, 5.74) is 0.